The summed E-state index contributed by atoms with van der Waals surface area (Å²) in [6.45, 7) is 2.07. The molecule has 2 nitrogen and oxygen atoms in total. The van der Waals surface area contributed by atoms with Crippen LogP contribution in [0.25, 0.3) is 0 Å². The van der Waals surface area contributed by atoms with Crippen molar-refractivity contribution in [2.75, 3.05) is 10.6 Å². The third-order valence-corrected chi connectivity index (χ3v) is 4.18. The maximum Gasteiger partial charge on any atom is 0.175 e. The molecule has 0 aliphatic heterocycles. The lowest BCUT2D eigenvalue weighted by Crippen LogP contribution is -2.20. The summed E-state index contributed by atoms with van der Waals surface area (Å²) in [5.74, 6) is -0.385. The molecular weight excluding hydrogens is 419 g/mol. The highest BCUT2D eigenvalue weighted by molar-refractivity contribution is 9.11. The standard InChI is InChI=1S/C15H13Br2FN2S/c1-2-9-5-3-4-6-13(9)19-15(21)20-14-11(17)7-10(16)8-12(14)18/h3-8H,2H2,1H3,(H2,19,20,21). The largest absolute Gasteiger partial charge is 0.332 e. The van der Waals surface area contributed by atoms with Crippen LogP contribution in [0, 0.1) is 5.82 Å². The van der Waals surface area contributed by atoms with Gasteiger partial charge in [-0.15, -0.1) is 0 Å². The van der Waals surface area contributed by atoms with Crippen molar-refractivity contribution in [1.29, 1.82) is 0 Å². The Kier molecular flexibility index (Phi) is 5.72. The van der Waals surface area contributed by atoms with Crippen molar-refractivity contribution in [3.8, 4) is 0 Å². The van der Waals surface area contributed by atoms with Crippen LogP contribution in [0.15, 0.2) is 45.3 Å². The molecular formula is C15H13Br2FN2S. The van der Waals surface area contributed by atoms with E-state index in [9.17, 15) is 4.39 Å². The molecule has 0 radical (unpaired) electrons. The third-order valence-electron chi connectivity index (χ3n) is 2.89. The van der Waals surface area contributed by atoms with Crippen LogP contribution >= 0.6 is 44.1 Å². The molecule has 21 heavy (non-hydrogen) atoms. The molecule has 0 saturated heterocycles. The average molecular weight is 432 g/mol. The first-order valence-electron chi connectivity index (χ1n) is 6.31. The Morgan fingerprint density at radius 2 is 1.90 bits per heavy atom. The average Bonchev–Trinajstić information content (AvgIpc) is 2.43. The second-order valence-corrected chi connectivity index (χ2v) is 6.51. The van der Waals surface area contributed by atoms with Gasteiger partial charge in [-0.25, -0.2) is 4.39 Å². The molecule has 2 aromatic carbocycles. The maximum atomic E-state index is 13.9. The van der Waals surface area contributed by atoms with Gasteiger partial charge in [-0.2, -0.15) is 0 Å². The van der Waals surface area contributed by atoms with E-state index in [0.29, 0.717) is 19.7 Å². The summed E-state index contributed by atoms with van der Waals surface area (Å²) >= 11 is 11.8. The molecule has 110 valence electrons. The third kappa shape index (κ3) is 4.25. The number of thiocarbonyl (C=S) groups is 1. The molecule has 0 bridgehead atoms. The van der Waals surface area contributed by atoms with Crippen LogP contribution in [0.2, 0.25) is 0 Å². The van der Waals surface area contributed by atoms with Gasteiger partial charge in [0.2, 0.25) is 0 Å². The summed E-state index contributed by atoms with van der Waals surface area (Å²) in [5, 5.41) is 6.33. The van der Waals surface area contributed by atoms with E-state index >= 15 is 0 Å². The Morgan fingerprint density at radius 1 is 1.19 bits per heavy atom. The van der Waals surface area contributed by atoms with Crippen LogP contribution in [0.1, 0.15) is 12.5 Å². The van der Waals surface area contributed by atoms with Crippen molar-refractivity contribution in [2.45, 2.75) is 13.3 Å². The van der Waals surface area contributed by atoms with Crippen LogP contribution in [0.3, 0.4) is 0 Å². The molecule has 0 aromatic heterocycles. The monoisotopic (exact) mass is 430 g/mol. The van der Waals surface area contributed by atoms with Crippen molar-refractivity contribution in [1.82, 2.24) is 0 Å². The minimum atomic E-state index is -0.385. The van der Waals surface area contributed by atoms with Gasteiger partial charge in [-0.3, -0.25) is 0 Å². The second-order valence-electron chi connectivity index (χ2n) is 4.33. The first-order chi connectivity index (χ1) is 10.0. The Morgan fingerprint density at radius 3 is 2.57 bits per heavy atom. The quantitative estimate of drug-likeness (QED) is 0.607. The van der Waals surface area contributed by atoms with Gasteiger partial charge in [0.25, 0.3) is 0 Å². The minimum absolute atomic E-state index is 0.310. The number of nitrogens with one attached hydrogen (secondary N) is 2. The van der Waals surface area contributed by atoms with Gasteiger partial charge in [-0.1, -0.05) is 41.1 Å². The maximum absolute atomic E-state index is 13.9. The zero-order valence-electron chi connectivity index (χ0n) is 11.2. The predicted octanol–water partition coefficient (Wildman–Crippen LogP) is 5.72. The van der Waals surface area contributed by atoms with Gasteiger partial charge in [0.15, 0.2) is 5.11 Å². The van der Waals surface area contributed by atoms with Crippen LogP contribution in [-0.2, 0) is 6.42 Å². The molecule has 0 spiro atoms. The highest BCUT2D eigenvalue weighted by Gasteiger charge is 2.11. The highest BCUT2D eigenvalue weighted by Crippen LogP contribution is 2.29. The lowest BCUT2D eigenvalue weighted by molar-refractivity contribution is 0.630. The lowest BCUT2D eigenvalue weighted by atomic mass is 10.1. The molecule has 0 fully saturated rings. The van der Waals surface area contributed by atoms with Crippen LogP contribution < -0.4 is 10.6 Å². The van der Waals surface area contributed by atoms with Crippen molar-refractivity contribution >= 4 is 60.6 Å². The number of rotatable bonds is 3. The first kappa shape index (κ1) is 16.4. The summed E-state index contributed by atoms with van der Waals surface area (Å²) in [4.78, 5) is 0. The molecule has 0 heterocycles. The summed E-state index contributed by atoms with van der Waals surface area (Å²) in [6.07, 6.45) is 0.891. The SMILES string of the molecule is CCc1ccccc1NC(=S)Nc1c(F)cc(Br)cc1Br. The first-order valence-corrected chi connectivity index (χ1v) is 8.31. The van der Waals surface area contributed by atoms with Gasteiger partial charge in [-0.05, 0) is 58.3 Å². The smallest absolute Gasteiger partial charge is 0.175 e. The van der Waals surface area contributed by atoms with Crippen molar-refractivity contribution in [2.24, 2.45) is 0 Å². The number of hydrogen-bond donors (Lipinski definition) is 2. The molecule has 2 aromatic rings. The fourth-order valence-electron chi connectivity index (χ4n) is 1.88. The van der Waals surface area contributed by atoms with Crippen molar-refractivity contribution in [3.63, 3.8) is 0 Å². The highest BCUT2D eigenvalue weighted by atomic mass is 79.9. The van der Waals surface area contributed by atoms with E-state index in [1.807, 2.05) is 24.3 Å². The zero-order chi connectivity index (χ0) is 15.4. The number of para-hydroxylation sites is 1. The Bertz CT molecular complexity index is 653. The van der Waals surface area contributed by atoms with E-state index < -0.39 is 0 Å². The number of benzene rings is 2. The van der Waals surface area contributed by atoms with Crippen LogP contribution in [0.4, 0.5) is 15.8 Å². The van der Waals surface area contributed by atoms with Gasteiger partial charge in [0.1, 0.15) is 5.82 Å². The fourth-order valence-corrected chi connectivity index (χ4v) is 3.36. The summed E-state index contributed by atoms with van der Waals surface area (Å²) in [6, 6.07) is 11.0. The minimum Gasteiger partial charge on any atom is -0.332 e. The molecule has 0 atom stereocenters. The number of hydrogen-bond acceptors (Lipinski definition) is 1. The molecule has 0 unspecified atom stereocenters. The normalized spacial score (nSPS) is 10.3. The number of halogens is 3. The summed E-state index contributed by atoms with van der Waals surface area (Å²) in [7, 11) is 0. The molecule has 2 N–H and O–H groups in total. The fraction of sp³-hybridized carbons (Fsp3) is 0.133. The number of aryl methyl sites for hydroxylation is 1. The van der Waals surface area contributed by atoms with E-state index in [2.05, 4.69) is 49.4 Å². The van der Waals surface area contributed by atoms with E-state index in [-0.39, 0.29) is 5.82 Å². The Hall–Kier alpha value is -0.980. The van der Waals surface area contributed by atoms with Crippen molar-refractivity contribution < 1.29 is 4.39 Å². The van der Waals surface area contributed by atoms with Gasteiger partial charge in [0, 0.05) is 14.6 Å². The van der Waals surface area contributed by atoms with E-state index in [4.69, 9.17) is 12.2 Å². The Labute approximate surface area is 145 Å². The van der Waals surface area contributed by atoms with Gasteiger partial charge in [0.05, 0.1) is 5.69 Å². The molecule has 0 amide bonds. The second kappa shape index (κ2) is 7.33. The summed E-state index contributed by atoms with van der Waals surface area (Å²) in [5.41, 5.74) is 2.38. The van der Waals surface area contributed by atoms with Crippen LogP contribution in [0.5, 0.6) is 0 Å². The predicted molar refractivity (Wildman–Crippen MR) is 97.5 cm³/mol. The molecule has 0 saturated carbocycles. The van der Waals surface area contributed by atoms with E-state index in [0.717, 1.165) is 17.7 Å². The van der Waals surface area contributed by atoms with Crippen LogP contribution in [-0.4, -0.2) is 5.11 Å². The topological polar surface area (TPSA) is 24.1 Å². The lowest BCUT2D eigenvalue weighted by Gasteiger charge is -2.15. The molecule has 6 heteroatoms. The number of anilines is 2. The van der Waals surface area contributed by atoms with Crippen molar-refractivity contribution in [3.05, 3.63) is 56.7 Å². The Balaban J connectivity index is 2.16. The molecule has 2 rings (SSSR count). The zero-order valence-corrected chi connectivity index (χ0v) is 15.2. The van der Waals surface area contributed by atoms with Gasteiger partial charge >= 0.3 is 0 Å². The molecule has 0 aliphatic carbocycles. The summed E-state index contributed by atoms with van der Waals surface area (Å²) < 4.78 is 15.2. The molecule has 0 aliphatic rings. The van der Waals surface area contributed by atoms with E-state index in [1.54, 1.807) is 6.07 Å². The van der Waals surface area contributed by atoms with E-state index in [1.165, 1.54) is 6.07 Å². The van der Waals surface area contributed by atoms with Gasteiger partial charge < -0.3 is 10.6 Å².